The molecule has 1 atom stereocenters. The summed E-state index contributed by atoms with van der Waals surface area (Å²) in [5.74, 6) is -0.215. The average molecular weight is 334 g/mol. The van der Waals surface area contributed by atoms with E-state index in [1.54, 1.807) is 0 Å². The van der Waals surface area contributed by atoms with Gasteiger partial charge in [-0.3, -0.25) is 14.6 Å². The zero-order chi connectivity index (χ0) is 17.0. The van der Waals surface area contributed by atoms with E-state index in [4.69, 9.17) is 0 Å². The third kappa shape index (κ3) is 4.32. The Morgan fingerprint density at radius 1 is 1.30 bits per heavy atom. The van der Waals surface area contributed by atoms with Gasteiger partial charge in [0.25, 0.3) is 5.56 Å². The quantitative estimate of drug-likeness (QED) is 0.720. The van der Waals surface area contributed by atoms with Gasteiger partial charge < -0.3 is 5.32 Å². The van der Waals surface area contributed by atoms with Crippen LogP contribution in [0, 0.1) is 13.8 Å². The van der Waals surface area contributed by atoms with Gasteiger partial charge in [-0.1, -0.05) is 24.8 Å². The molecule has 2 aromatic rings. The molecule has 0 saturated carbocycles. The van der Waals surface area contributed by atoms with Gasteiger partial charge in [-0.05, 0) is 43.5 Å². The molecule has 1 aromatic heterocycles. The number of nitrogens with one attached hydrogen (secondary N) is 3. The van der Waals surface area contributed by atoms with E-state index in [1.165, 1.54) is 0 Å². The minimum atomic E-state index is -0.674. The number of benzene rings is 1. The lowest BCUT2D eigenvalue weighted by molar-refractivity contribution is -0.115. The Bertz CT molecular complexity index is 828. The molecule has 122 valence electrons. The van der Waals surface area contributed by atoms with Gasteiger partial charge in [0, 0.05) is 5.69 Å². The first-order chi connectivity index (χ1) is 10.9. The fraction of sp³-hybridized carbons (Fsp3) is 0.333. The Labute approximate surface area is 136 Å². The Kier molecular flexibility index (Phi) is 5.38. The van der Waals surface area contributed by atoms with Crippen LogP contribution in [0.4, 0.5) is 5.69 Å². The van der Waals surface area contributed by atoms with Crippen molar-refractivity contribution in [2.75, 3.05) is 5.32 Å². The molecule has 0 radical (unpaired) electrons. The molecule has 1 aromatic carbocycles. The highest BCUT2D eigenvalue weighted by Crippen LogP contribution is 2.22. The fourth-order valence-corrected chi connectivity index (χ4v) is 2.77. The summed E-state index contributed by atoms with van der Waals surface area (Å²) in [7, 11) is 0. The maximum atomic E-state index is 12.4. The number of thioether (sulfide) groups is 1. The zero-order valence-electron chi connectivity index (χ0n) is 13.1. The largest absolute Gasteiger partial charge is 0.342 e. The molecular formula is C15H18N4O3S. The summed E-state index contributed by atoms with van der Waals surface area (Å²) in [6.45, 7) is 5.82. The van der Waals surface area contributed by atoms with Gasteiger partial charge in [0.2, 0.25) is 5.91 Å². The molecule has 0 spiro atoms. The Morgan fingerprint density at radius 2 is 2.04 bits per heavy atom. The van der Waals surface area contributed by atoms with Crippen LogP contribution in [0.3, 0.4) is 0 Å². The second-order valence-electron chi connectivity index (χ2n) is 5.12. The van der Waals surface area contributed by atoms with Crippen molar-refractivity contribution in [1.82, 2.24) is 15.2 Å². The number of aromatic nitrogens is 3. The number of rotatable bonds is 5. The van der Waals surface area contributed by atoms with Crippen LogP contribution in [-0.4, -0.2) is 26.3 Å². The van der Waals surface area contributed by atoms with Gasteiger partial charge in [0.1, 0.15) is 0 Å². The smallest absolute Gasteiger partial charge is 0.325 e. The van der Waals surface area contributed by atoms with E-state index in [2.05, 4.69) is 20.5 Å². The summed E-state index contributed by atoms with van der Waals surface area (Å²) in [6, 6.07) is 5.67. The molecular weight excluding hydrogens is 316 g/mol. The maximum absolute atomic E-state index is 12.4. The highest BCUT2D eigenvalue weighted by molar-refractivity contribution is 8.00. The van der Waals surface area contributed by atoms with Crippen molar-refractivity contribution >= 4 is 23.4 Å². The van der Waals surface area contributed by atoms with E-state index in [-0.39, 0.29) is 10.9 Å². The number of hydrogen-bond acceptors (Lipinski definition) is 5. The topological polar surface area (TPSA) is 108 Å². The molecule has 0 aliphatic heterocycles. The number of carbonyl (C=O) groups excluding carboxylic acids is 1. The van der Waals surface area contributed by atoms with E-state index >= 15 is 0 Å². The van der Waals surface area contributed by atoms with Gasteiger partial charge in [-0.2, -0.15) is 5.10 Å². The van der Waals surface area contributed by atoms with Gasteiger partial charge in [0.05, 0.1) is 5.25 Å². The van der Waals surface area contributed by atoms with E-state index in [0.717, 1.165) is 22.9 Å². The third-order valence-electron chi connectivity index (χ3n) is 3.37. The number of aromatic amines is 2. The Balaban J connectivity index is 2.13. The van der Waals surface area contributed by atoms with Crippen LogP contribution in [0.2, 0.25) is 0 Å². The Hall–Kier alpha value is -2.35. The summed E-state index contributed by atoms with van der Waals surface area (Å²) in [5, 5.41) is 8.25. The number of anilines is 1. The molecule has 0 aliphatic rings. The molecule has 3 N–H and O–H groups in total. The lowest BCUT2D eigenvalue weighted by atomic mass is 10.1. The van der Waals surface area contributed by atoms with Crippen molar-refractivity contribution < 1.29 is 4.79 Å². The van der Waals surface area contributed by atoms with Crippen LogP contribution in [0.25, 0.3) is 0 Å². The second-order valence-corrected chi connectivity index (χ2v) is 6.31. The van der Waals surface area contributed by atoms with Gasteiger partial charge >= 0.3 is 5.69 Å². The van der Waals surface area contributed by atoms with Crippen molar-refractivity contribution in [3.05, 3.63) is 50.2 Å². The summed E-state index contributed by atoms with van der Waals surface area (Å²) in [4.78, 5) is 37.1. The molecule has 0 aliphatic carbocycles. The lowest BCUT2D eigenvalue weighted by Gasteiger charge is -2.14. The minimum absolute atomic E-state index is 0.0617. The predicted molar refractivity (Wildman–Crippen MR) is 90.0 cm³/mol. The predicted octanol–water partition coefficient (Wildman–Crippen LogP) is 1.58. The molecule has 0 fully saturated rings. The Morgan fingerprint density at radius 3 is 2.65 bits per heavy atom. The summed E-state index contributed by atoms with van der Waals surface area (Å²) in [5.41, 5.74) is 1.67. The van der Waals surface area contributed by atoms with Crippen molar-refractivity contribution in [1.29, 1.82) is 0 Å². The number of nitrogens with zero attached hydrogens (tertiary/aromatic N) is 1. The van der Waals surface area contributed by atoms with Crippen molar-refractivity contribution in [2.24, 2.45) is 0 Å². The molecule has 0 saturated heterocycles. The number of H-pyrrole nitrogens is 2. The van der Waals surface area contributed by atoms with Crippen LogP contribution in [0.5, 0.6) is 0 Å². The van der Waals surface area contributed by atoms with E-state index in [1.807, 2.05) is 39.0 Å². The van der Waals surface area contributed by atoms with Crippen LogP contribution in [0.15, 0.2) is 32.8 Å². The first-order valence-electron chi connectivity index (χ1n) is 7.14. The van der Waals surface area contributed by atoms with Crippen LogP contribution < -0.4 is 16.6 Å². The van der Waals surface area contributed by atoms with E-state index in [0.29, 0.717) is 12.1 Å². The first kappa shape index (κ1) is 17.0. The standard InChI is InChI=1S/C15H18N4O3S/c1-4-11(23-14-13(21)17-15(22)19-18-14)12(20)16-10-6-5-8(2)9(3)7-10/h5-7,11H,4H2,1-3H3,(H,16,20)(H2,17,19,21,22). The van der Waals surface area contributed by atoms with E-state index < -0.39 is 16.5 Å². The summed E-state index contributed by atoms with van der Waals surface area (Å²) in [6.07, 6.45) is 0.515. The molecule has 1 unspecified atom stereocenters. The SMILES string of the molecule is CCC(Sc1n[nH]c(=O)[nH]c1=O)C(=O)Nc1ccc(C)c(C)c1. The van der Waals surface area contributed by atoms with Gasteiger partial charge in [-0.25, -0.2) is 9.89 Å². The lowest BCUT2D eigenvalue weighted by Crippen LogP contribution is -2.29. The van der Waals surface area contributed by atoms with Gasteiger partial charge in [0.15, 0.2) is 5.03 Å². The van der Waals surface area contributed by atoms with Gasteiger partial charge in [-0.15, -0.1) is 0 Å². The molecule has 8 heteroatoms. The minimum Gasteiger partial charge on any atom is -0.325 e. The van der Waals surface area contributed by atoms with Crippen LogP contribution in [-0.2, 0) is 4.79 Å². The third-order valence-corrected chi connectivity index (χ3v) is 4.70. The van der Waals surface area contributed by atoms with Crippen molar-refractivity contribution in [3.63, 3.8) is 0 Å². The number of hydrogen-bond donors (Lipinski definition) is 3. The molecule has 1 heterocycles. The average Bonchev–Trinajstić information content (AvgIpc) is 2.50. The highest BCUT2D eigenvalue weighted by Gasteiger charge is 2.20. The molecule has 2 rings (SSSR count). The highest BCUT2D eigenvalue weighted by atomic mass is 32.2. The molecule has 23 heavy (non-hydrogen) atoms. The molecule has 0 bridgehead atoms. The monoisotopic (exact) mass is 334 g/mol. The maximum Gasteiger partial charge on any atom is 0.342 e. The van der Waals surface area contributed by atoms with Crippen molar-refractivity contribution in [3.8, 4) is 0 Å². The summed E-state index contributed by atoms with van der Waals surface area (Å²) < 4.78 is 0. The van der Waals surface area contributed by atoms with Crippen molar-refractivity contribution in [2.45, 2.75) is 37.5 Å². The van der Waals surface area contributed by atoms with Crippen LogP contribution in [0.1, 0.15) is 24.5 Å². The first-order valence-corrected chi connectivity index (χ1v) is 8.02. The second kappa shape index (κ2) is 7.28. The number of carbonyl (C=O) groups is 1. The zero-order valence-corrected chi connectivity index (χ0v) is 13.9. The molecule has 7 nitrogen and oxygen atoms in total. The number of amides is 1. The fourth-order valence-electron chi connectivity index (χ4n) is 1.92. The van der Waals surface area contributed by atoms with E-state index in [9.17, 15) is 14.4 Å². The normalized spacial score (nSPS) is 12.0. The summed E-state index contributed by atoms with van der Waals surface area (Å²) >= 11 is 1.02. The molecule has 1 amide bonds. The van der Waals surface area contributed by atoms with Crippen LogP contribution >= 0.6 is 11.8 Å². The number of aryl methyl sites for hydroxylation is 2.